The van der Waals surface area contributed by atoms with Crippen LogP contribution in [0.3, 0.4) is 0 Å². The van der Waals surface area contributed by atoms with Gasteiger partial charge in [-0.1, -0.05) is 66.7 Å². The first-order chi connectivity index (χ1) is 17.6. The van der Waals surface area contributed by atoms with Gasteiger partial charge in [-0.2, -0.15) is 0 Å². The van der Waals surface area contributed by atoms with E-state index in [2.05, 4.69) is 5.32 Å². The second kappa shape index (κ2) is 10.7. The van der Waals surface area contributed by atoms with Gasteiger partial charge < -0.3 is 15.2 Å². The van der Waals surface area contributed by atoms with Gasteiger partial charge in [0, 0.05) is 10.6 Å². The molecule has 3 heterocycles. The molecule has 0 unspecified atom stereocenters. The molecular weight excluding hydrogens is 496 g/mol. The van der Waals surface area contributed by atoms with Gasteiger partial charge in [-0.15, -0.1) is 23.1 Å². The first-order valence-corrected chi connectivity index (χ1v) is 13.4. The first kappa shape index (κ1) is 24.3. The fourth-order valence-electron chi connectivity index (χ4n) is 4.34. The third-order valence-electron chi connectivity index (χ3n) is 6.09. The zero-order chi connectivity index (χ0) is 25.1. The standard InChI is InChI=1S/C27H24N2O5S2/c30-15-19-16-36-26-22(28-21(31)14-20-12-7-13-35-20)25(32)29(26)23(19)27(33)34-24(17-8-3-1-4-9-17)18-10-5-2-6-11-18/h1-13,22,24,26,30H,14-16H2,(H,28,31)/t22-,26+/m1/s1. The van der Waals surface area contributed by atoms with Gasteiger partial charge in [0.15, 0.2) is 6.10 Å². The van der Waals surface area contributed by atoms with E-state index in [4.69, 9.17) is 4.74 Å². The van der Waals surface area contributed by atoms with E-state index in [1.54, 1.807) is 0 Å². The van der Waals surface area contributed by atoms with E-state index >= 15 is 0 Å². The predicted molar refractivity (Wildman–Crippen MR) is 138 cm³/mol. The molecule has 2 atom stereocenters. The summed E-state index contributed by atoms with van der Waals surface area (Å²) in [5.41, 5.74) is 2.07. The van der Waals surface area contributed by atoms with Crippen molar-refractivity contribution in [1.29, 1.82) is 0 Å². The Hall–Kier alpha value is -3.40. The molecule has 2 aliphatic heterocycles. The lowest BCUT2D eigenvalue weighted by Gasteiger charge is -2.49. The highest BCUT2D eigenvalue weighted by Gasteiger charge is 2.54. The number of aliphatic hydroxyl groups excluding tert-OH is 1. The van der Waals surface area contributed by atoms with Crippen LogP contribution >= 0.6 is 23.1 Å². The second-order valence-electron chi connectivity index (χ2n) is 8.43. The monoisotopic (exact) mass is 520 g/mol. The number of ether oxygens (including phenoxy) is 1. The van der Waals surface area contributed by atoms with E-state index in [-0.39, 0.29) is 30.5 Å². The average Bonchev–Trinajstić information content (AvgIpc) is 3.43. The summed E-state index contributed by atoms with van der Waals surface area (Å²) in [7, 11) is 0. The number of fused-ring (bicyclic) bond motifs is 1. The van der Waals surface area contributed by atoms with E-state index in [9.17, 15) is 19.5 Å². The van der Waals surface area contributed by atoms with Crippen molar-refractivity contribution in [3.63, 3.8) is 0 Å². The summed E-state index contributed by atoms with van der Waals surface area (Å²) < 4.78 is 5.98. The van der Waals surface area contributed by atoms with Gasteiger partial charge in [0.05, 0.1) is 13.0 Å². The molecule has 1 fully saturated rings. The summed E-state index contributed by atoms with van der Waals surface area (Å²) in [5.74, 6) is -0.960. The maximum atomic E-state index is 13.5. The number of hydrogen-bond donors (Lipinski definition) is 2. The summed E-state index contributed by atoms with van der Waals surface area (Å²) >= 11 is 2.89. The molecule has 0 radical (unpaired) electrons. The van der Waals surface area contributed by atoms with Crippen LogP contribution in [0.5, 0.6) is 0 Å². The Morgan fingerprint density at radius 2 is 1.69 bits per heavy atom. The molecule has 184 valence electrons. The topological polar surface area (TPSA) is 95.9 Å². The fourth-order valence-corrected chi connectivity index (χ4v) is 6.37. The Balaban J connectivity index is 1.36. The van der Waals surface area contributed by atoms with Crippen molar-refractivity contribution < 1.29 is 24.2 Å². The number of carbonyl (C=O) groups excluding carboxylic acids is 3. The zero-order valence-electron chi connectivity index (χ0n) is 19.2. The Morgan fingerprint density at radius 3 is 2.28 bits per heavy atom. The van der Waals surface area contributed by atoms with Gasteiger partial charge in [0.2, 0.25) is 5.91 Å². The summed E-state index contributed by atoms with van der Waals surface area (Å²) in [5, 5.41) is 14.2. The lowest BCUT2D eigenvalue weighted by atomic mass is 10.0. The molecule has 9 heteroatoms. The highest BCUT2D eigenvalue weighted by atomic mass is 32.2. The van der Waals surface area contributed by atoms with Crippen molar-refractivity contribution in [3.8, 4) is 0 Å². The number of thiophene rings is 1. The lowest BCUT2D eigenvalue weighted by molar-refractivity contribution is -0.154. The number of hydrogen-bond acceptors (Lipinski definition) is 7. The number of carbonyl (C=O) groups is 3. The molecule has 2 aromatic carbocycles. The molecule has 1 aromatic heterocycles. The minimum Gasteiger partial charge on any atom is -0.448 e. The SMILES string of the molecule is O=C(Cc1cccs1)N[C@@H]1C(=O)N2C(C(=O)OC(c3ccccc3)c3ccccc3)=C(CO)CS[C@@H]12. The van der Waals surface area contributed by atoms with Gasteiger partial charge in [-0.3, -0.25) is 14.5 Å². The van der Waals surface area contributed by atoms with Crippen molar-refractivity contribution in [2.45, 2.75) is 23.9 Å². The van der Waals surface area contributed by atoms with Crippen molar-refractivity contribution in [2.24, 2.45) is 0 Å². The quantitative estimate of drug-likeness (QED) is 0.350. The smallest absolute Gasteiger partial charge is 0.356 e. The van der Waals surface area contributed by atoms with Crippen molar-refractivity contribution in [2.75, 3.05) is 12.4 Å². The van der Waals surface area contributed by atoms with Crippen molar-refractivity contribution in [3.05, 3.63) is 105 Å². The number of rotatable bonds is 8. The van der Waals surface area contributed by atoms with Crippen LogP contribution in [0.15, 0.2) is 89.4 Å². The molecule has 0 spiro atoms. The van der Waals surface area contributed by atoms with Crippen LogP contribution in [0.4, 0.5) is 0 Å². The molecule has 0 bridgehead atoms. The van der Waals surface area contributed by atoms with Gasteiger partial charge in [-0.25, -0.2) is 4.79 Å². The van der Waals surface area contributed by atoms with Gasteiger partial charge >= 0.3 is 5.97 Å². The molecule has 5 rings (SSSR count). The highest BCUT2D eigenvalue weighted by Crippen LogP contribution is 2.41. The van der Waals surface area contributed by atoms with Crippen LogP contribution in [-0.2, 0) is 25.5 Å². The second-order valence-corrected chi connectivity index (χ2v) is 10.6. The number of nitrogens with one attached hydrogen (secondary N) is 1. The highest BCUT2D eigenvalue weighted by molar-refractivity contribution is 8.00. The molecule has 7 nitrogen and oxygen atoms in total. The van der Waals surface area contributed by atoms with Crippen LogP contribution in [0, 0.1) is 0 Å². The summed E-state index contributed by atoms with van der Waals surface area (Å²) in [6.07, 6.45) is -0.487. The Morgan fingerprint density at radius 1 is 1.03 bits per heavy atom. The van der Waals surface area contributed by atoms with Gasteiger partial charge in [0.1, 0.15) is 17.1 Å². The molecule has 2 aliphatic rings. The predicted octanol–water partition coefficient (Wildman–Crippen LogP) is 3.27. The Labute approximate surface area is 216 Å². The maximum Gasteiger partial charge on any atom is 0.356 e. The van der Waals surface area contributed by atoms with Crippen molar-refractivity contribution >= 4 is 40.9 Å². The molecule has 2 amide bonds. The summed E-state index contributed by atoms with van der Waals surface area (Å²) in [4.78, 5) is 41.4. The number of benzene rings is 2. The Kier molecular flexibility index (Phi) is 7.22. The number of esters is 1. The molecule has 1 saturated heterocycles. The minimum atomic E-state index is -0.732. The normalized spacial score (nSPS) is 19.1. The van der Waals surface area contributed by atoms with Gasteiger partial charge in [-0.05, 0) is 28.1 Å². The summed E-state index contributed by atoms with van der Waals surface area (Å²) in [6.45, 7) is -0.370. The fraction of sp³-hybridized carbons (Fsp3) is 0.222. The largest absolute Gasteiger partial charge is 0.448 e. The van der Waals surface area contributed by atoms with E-state index in [1.807, 2.05) is 78.2 Å². The summed E-state index contributed by atoms with van der Waals surface area (Å²) in [6, 6.07) is 21.7. The molecule has 36 heavy (non-hydrogen) atoms. The number of nitrogens with zero attached hydrogens (tertiary/aromatic N) is 1. The van der Waals surface area contributed by atoms with Crippen LogP contribution in [0.25, 0.3) is 0 Å². The third kappa shape index (κ3) is 4.82. The molecular formula is C27H24N2O5S2. The molecule has 0 aliphatic carbocycles. The number of aliphatic hydroxyl groups is 1. The molecule has 2 N–H and O–H groups in total. The Bertz CT molecular complexity index is 1240. The number of thioether (sulfide) groups is 1. The minimum absolute atomic E-state index is 0.0619. The van der Waals surface area contributed by atoms with E-state index in [0.717, 1.165) is 16.0 Å². The number of β-lactam (4-membered cyclic amide) rings is 1. The van der Waals surface area contributed by atoms with Crippen LogP contribution in [0.1, 0.15) is 22.1 Å². The van der Waals surface area contributed by atoms with Crippen molar-refractivity contribution in [1.82, 2.24) is 10.2 Å². The van der Waals surface area contributed by atoms with Crippen LogP contribution < -0.4 is 5.32 Å². The first-order valence-electron chi connectivity index (χ1n) is 11.5. The third-order valence-corrected chi connectivity index (χ3v) is 8.31. The number of amides is 2. The van der Waals surface area contributed by atoms with E-state index in [1.165, 1.54) is 28.0 Å². The molecule has 3 aromatic rings. The average molecular weight is 521 g/mol. The van der Waals surface area contributed by atoms with Gasteiger partial charge in [0.25, 0.3) is 5.91 Å². The van der Waals surface area contributed by atoms with Crippen LogP contribution in [-0.4, -0.2) is 51.6 Å². The van der Waals surface area contributed by atoms with E-state index in [0.29, 0.717) is 11.3 Å². The van der Waals surface area contributed by atoms with E-state index < -0.39 is 23.5 Å². The lowest BCUT2D eigenvalue weighted by Crippen LogP contribution is -2.70. The molecule has 0 saturated carbocycles. The zero-order valence-corrected chi connectivity index (χ0v) is 20.8. The maximum absolute atomic E-state index is 13.5. The van der Waals surface area contributed by atoms with Crippen LogP contribution in [0.2, 0.25) is 0 Å².